The van der Waals surface area contributed by atoms with Gasteiger partial charge in [0.05, 0.1) is 6.10 Å². The Kier molecular flexibility index (Phi) is 5.03. The van der Waals surface area contributed by atoms with Crippen LogP contribution in [0.2, 0.25) is 12.1 Å². The summed E-state index contributed by atoms with van der Waals surface area (Å²) in [6.45, 7) is 6.84. The van der Waals surface area contributed by atoms with Crippen molar-refractivity contribution >= 4 is 13.5 Å². The normalized spacial score (nSPS) is 18.8. The fraction of sp³-hybridized carbons (Fsp3) is 0.429. The Hall–Kier alpha value is -1.38. The first-order valence-corrected chi connectivity index (χ1v) is 11.4. The molecule has 23 heavy (non-hydrogen) atoms. The molecule has 0 fully saturated rings. The Balaban J connectivity index is 1.92. The van der Waals surface area contributed by atoms with Crippen LogP contribution in [0.4, 0.5) is 0 Å². The highest BCUT2D eigenvalue weighted by Crippen LogP contribution is 2.38. The first-order chi connectivity index (χ1) is 11.2. The summed E-state index contributed by atoms with van der Waals surface area (Å²) in [5.74, 6) is 0. The van der Waals surface area contributed by atoms with E-state index in [-0.39, 0.29) is 6.10 Å². The van der Waals surface area contributed by atoms with E-state index in [1.165, 1.54) is 41.1 Å². The van der Waals surface area contributed by atoms with E-state index in [2.05, 4.69) is 69.3 Å². The number of unbranched alkanes of at least 4 members (excludes halogenated alkanes) is 1. The molecule has 0 aromatic heterocycles. The molecule has 0 bridgehead atoms. The van der Waals surface area contributed by atoms with Crippen molar-refractivity contribution in [2.45, 2.75) is 58.2 Å². The van der Waals surface area contributed by atoms with E-state index in [0.29, 0.717) is 0 Å². The molecule has 0 saturated heterocycles. The average Bonchev–Trinajstić information content (AvgIpc) is 2.96. The predicted octanol–water partition coefficient (Wildman–Crippen LogP) is 5.34. The minimum atomic E-state index is -1.78. The summed E-state index contributed by atoms with van der Waals surface area (Å²) < 4.78 is 6.76. The Morgan fingerprint density at radius 3 is 2.26 bits per heavy atom. The monoisotopic (exact) mass is 324 g/mol. The minimum absolute atomic E-state index is 0.137. The van der Waals surface area contributed by atoms with E-state index < -0.39 is 8.32 Å². The lowest BCUT2D eigenvalue weighted by molar-refractivity contribution is 0.253. The van der Waals surface area contributed by atoms with Crippen LogP contribution in [-0.2, 0) is 10.8 Å². The first-order valence-electron chi connectivity index (χ1n) is 9.10. The third-order valence-corrected chi connectivity index (χ3v) is 9.73. The summed E-state index contributed by atoms with van der Waals surface area (Å²) in [6, 6.07) is 20.4. The first kappa shape index (κ1) is 16.5. The molecule has 1 atom stereocenters. The van der Waals surface area contributed by atoms with Crippen molar-refractivity contribution in [1.29, 1.82) is 0 Å². The van der Waals surface area contributed by atoms with Crippen molar-refractivity contribution in [3.05, 3.63) is 65.2 Å². The fourth-order valence-corrected chi connectivity index (χ4v) is 7.36. The Morgan fingerprint density at radius 1 is 0.913 bits per heavy atom. The SMILES string of the molecule is CCCCc1ccc(C2O[Si](CC)(CC)c3ccccc32)cc1. The van der Waals surface area contributed by atoms with Crippen molar-refractivity contribution in [2.24, 2.45) is 0 Å². The third-order valence-electron chi connectivity index (χ3n) is 5.32. The maximum absolute atomic E-state index is 6.76. The van der Waals surface area contributed by atoms with Crippen molar-refractivity contribution in [1.82, 2.24) is 0 Å². The Labute approximate surface area is 141 Å². The number of fused-ring (bicyclic) bond motifs is 1. The maximum atomic E-state index is 6.76. The summed E-state index contributed by atoms with van der Waals surface area (Å²) in [7, 11) is -1.78. The summed E-state index contributed by atoms with van der Waals surface area (Å²) in [4.78, 5) is 0. The van der Waals surface area contributed by atoms with E-state index in [1.807, 2.05) is 0 Å². The lowest BCUT2D eigenvalue weighted by Gasteiger charge is -2.25. The average molecular weight is 325 g/mol. The van der Waals surface area contributed by atoms with E-state index in [0.717, 1.165) is 12.1 Å². The summed E-state index contributed by atoms with van der Waals surface area (Å²) in [5, 5.41) is 1.52. The molecule has 0 amide bonds. The molecular weight excluding hydrogens is 296 g/mol. The number of hydrogen-bond acceptors (Lipinski definition) is 1. The van der Waals surface area contributed by atoms with Gasteiger partial charge in [0.2, 0.25) is 8.32 Å². The van der Waals surface area contributed by atoms with E-state index in [1.54, 1.807) is 0 Å². The van der Waals surface area contributed by atoms with Crippen LogP contribution in [-0.4, -0.2) is 8.32 Å². The van der Waals surface area contributed by atoms with Crippen molar-refractivity contribution in [2.75, 3.05) is 0 Å². The zero-order valence-electron chi connectivity index (χ0n) is 14.6. The Morgan fingerprint density at radius 2 is 1.61 bits per heavy atom. The van der Waals surface area contributed by atoms with E-state index in [9.17, 15) is 0 Å². The molecule has 1 heterocycles. The summed E-state index contributed by atoms with van der Waals surface area (Å²) in [5.41, 5.74) is 4.16. The molecule has 1 aliphatic rings. The topological polar surface area (TPSA) is 9.23 Å². The number of rotatable bonds is 6. The molecule has 2 heteroatoms. The van der Waals surface area contributed by atoms with Crippen LogP contribution in [0.3, 0.4) is 0 Å². The number of hydrogen-bond donors (Lipinski definition) is 0. The highest BCUT2D eigenvalue weighted by molar-refractivity contribution is 6.87. The van der Waals surface area contributed by atoms with Gasteiger partial charge in [-0.25, -0.2) is 0 Å². The lowest BCUT2D eigenvalue weighted by Crippen LogP contribution is -2.45. The molecule has 1 unspecified atom stereocenters. The Bertz CT molecular complexity index is 643. The molecule has 0 aliphatic carbocycles. The van der Waals surface area contributed by atoms with Crippen LogP contribution in [0.25, 0.3) is 0 Å². The van der Waals surface area contributed by atoms with Crippen LogP contribution in [0.15, 0.2) is 48.5 Å². The number of benzene rings is 2. The molecule has 3 rings (SSSR count). The van der Waals surface area contributed by atoms with Gasteiger partial charge in [-0.1, -0.05) is 75.7 Å². The molecule has 0 spiro atoms. The van der Waals surface area contributed by atoms with Crippen LogP contribution in [0.1, 0.15) is 56.4 Å². The second-order valence-electron chi connectivity index (χ2n) is 6.63. The van der Waals surface area contributed by atoms with Gasteiger partial charge in [-0.15, -0.1) is 0 Å². The predicted molar refractivity (Wildman–Crippen MR) is 101 cm³/mol. The molecule has 0 N–H and O–H groups in total. The zero-order valence-corrected chi connectivity index (χ0v) is 15.6. The second kappa shape index (κ2) is 7.02. The van der Waals surface area contributed by atoms with Gasteiger partial charge in [-0.3, -0.25) is 0 Å². The van der Waals surface area contributed by atoms with Crippen molar-refractivity contribution in [3.8, 4) is 0 Å². The largest absolute Gasteiger partial charge is 0.401 e. The summed E-state index contributed by atoms with van der Waals surface area (Å²) in [6.07, 6.45) is 3.84. The molecule has 2 aromatic rings. The molecule has 0 radical (unpaired) electrons. The van der Waals surface area contributed by atoms with Gasteiger partial charge in [0.1, 0.15) is 0 Å². The van der Waals surface area contributed by atoms with Crippen LogP contribution < -0.4 is 5.19 Å². The van der Waals surface area contributed by atoms with Crippen molar-refractivity contribution in [3.63, 3.8) is 0 Å². The van der Waals surface area contributed by atoms with Gasteiger partial charge in [-0.05, 0) is 46.8 Å². The highest BCUT2D eigenvalue weighted by atomic mass is 28.4. The van der Waals surface area contributed by atoms with Crippen molar-refractivity contribution < 1.29 is 4.43 Å². The van der Waals surface area contributed by atoms with Gasteiger partial charge in [0.15, 0.2) is 0 Å². The quantitative estimate of drug-likeness (QED) is 0.652. The van der Waals surface area contributed by atoms with Gasteiger partial charge in [0.25, 0.3) is 0 Å². The summed E-state index contributed by atoms with van der Waals surface area (Å²) >= 11 is 0. The van der Waals surface area contributed by atoms with Gasteiger partial charge >= 0.3 is 0 Å². The van der Waals surface area contributed by atoms with Gasteiger partial charge in [0, 0.05) is 0 Å². The molecule has 2 aromatic carbocycles. The molecule has 122 valence electrons. The van der Waals surface area contributed by atoms with E-state index >= 15 is 0 Å². The maximum Gasteiger partial charge on any atom is 0.225 e. The van der Waals surface area contributed by atoms with Crippen LogP contribution in [0.5, 0.6) is 0 Å². The second-order valence-corrected chi connectivity index (χ2v) is 10.8. The number of aryl methyl sites for hydroxylation is 1. The van der Waals surface area contributed by atoms with Crippen LogP contribution in [0, 0.1) is 0 Å². The molecule has 1 aliphatic heterocycles. The lowest BCUT2D eigenvalue weighted by atomic mass is 9.99. The smallest absolute Gasteiger partial charge is 0.225 e. The minimum Gasteiger partial charge on any atom is -0.401 e. The van der Waals surface area contributed by atoms with Gasteiger partial charge in [-0.2, -0.15) is 0 Å². The zero-order chi connectivity index (χ0) is 16.3. The molecular formula is C21H28OSi. The van der Waals surface area contributed by atoms with Gasteiger partial charge < -0.3 is 4.43 Å². The van der Waals surface area contributed by atoms with E-state index in [4.69, 9.17) is 4.43 Å². The standard InChI is InChI=1S/C21H28OSi/c1-4-7-10-17-13-15-18(16-14-17)21-19-11-8-9-12-20(19)23(5-2,6-3)22-21/h8-9,11-16,21H,4-7,10H2,1-3H3. The van der Waals surface area contributed by atoms with Crippen LogP contribution >= 0.6 is 0 Å². The third kappa shape index (κ3) is 3.02. The molecule has 0 saturated carbocycles. The highest BCUT2D eigenvalue weighted by Gasteiger charge is 2.45. The molecule has 1 nitrogen and oxygen atoms in total. The fourth-order valence-electron chi connectivity index (χ4n) is 3.78.